The van der Waals surface area contributed by atoms with E-state index in [1.54, 1.807) is 35.6 Å². The maximum Gasteiger partial charge on any atom is 0.193 e. The molecule has 0 bridgehead atoms. The molecule has 0 saturated heterocycles. The number of hydrogen-bond acceptors (Lipinski definition) is 4. The number of benzene rings is 1. The molecule has 0 aliphatic rings. The van der Waals surface area contributed by atoms with Crippen molar-refractivity contribution in [1.82, 2.24) is 10.2 Å². The first kappa shape index (κ1) is 19.5. The zero-order valence-corrected chi connectivity index (χ0v) is 16.3. The third-order valence-corrected chi connectivity index (χ3v) is 6.34. The summed E-state index contributed by atoms with van der Waals surface area (Å²) in [5, 5.41) is 5.30. The van der Waals surface area contributed by atoms with Gasteiger partial charge in [-0.1, -0.05) is 24.3 Å². The molecule has 0 spiro atoms. The van der Waals surface area contributed by atoms with Crippen LogP contribution in [0.4, 0.5) is 0 Å². The van der Waals surface area contributed by atoms with Gasteiger partial charge >= 0.3 is 0 Å². The van der Waals surface area contributed by atoms with Crippen LogP contribution >= 0.6 is 11.3 Å². The molecule has 0 aliphatic carbocycles. The summed E-state index contributed by atoms with van der Waals surface area (Å²) < 4.78 is 24.6. The van der Waals surface area contributed by atoms with Crippen molar-refractivity contribution >= 4 is 27.1 Å². The Hall–Kier alpha value is -1.86. The minimum absolute atomic E-state index is 0.00464. The first-order valence-corrected chi connectivity index (χ1v) is 10.9. The van der Waals surface area contributed by atoms with E-state index in [0.717, 1.165) is 25.5 Å². The van der Waals surface area contributed by atoms with Gasteiger partial charge in [-0.05, 0) is 36.9 Å². The van der Waals surface area contributed by atoms with Gasteiger partial charge in [0.15, 0.2) is 15.8 Å². The lowest BCUT2D eigenvalue weighted by Gasteiger charge is -2.21. The lowest BCUT2D eigenvalue weighted by Crippen LogP contribution is -2.40. The van der Waals surface area contributed by atoms with Crippen molar-refractivity contribution in [3.8, 4) is 0 Å². The highest BCUT2D eigenvalue weighted by Gasteiger charge is 2.14. The Bertz CT molecular complexity index is 757. The fraction of sp³-hybridized carbons (Fsp3) is 0.389. The number of thiophene rings is 1. The van der Waals surface area contributed by atoms with Crippen LogP contribution < -0.4 is 5.32 Å². The monoisotopic (exact) mass is 379 g/mol. The summed E-state index contributed by atoms with van der Waals surface area (Å²) >= 11 is 1.74. The van der Waals surface area contributed by atoms with E-state index in [9.17, 15) is 8.42 Å². The maximum atomic E-state index is 12.3. The topological polar surface area (TPSA) is 61.8 Å². The van der Waals surface area contributed by atoms with Crippen LogP contribution in [0.2, 0.25) is 0 Å². The molecular weight excluding hydrogens is 354 g/mol. The minimum atomic E-state index is -3.30. The molecule has 2 rings (SSSR count). The number of rotatable bonds is 8. The molecule has 1 heterocycles. The molecule has 2 aromatic rings. The van der Waals surface area contributed by atoms with Crippen molar-refractivity contribution in [3.05, 3.63) is 52.7 Å². The number of aliphatic imine (C=N–C) groups is 1. The molecule has 0 atom stereocenters. The third-order valence-electron chi connectivity index (χ3n) is 3.69. The Morgan fingerprint density at radius 2 is 1.96 bits per heavy atom. The number of sulfone groups is 1. The predicted octanol–water partition coefficient (Wildman–Crippen LogP) is 2.66. The van der Waals surface area contributed by atoms with Crippen LogP contribution in [0, 0.1) is 0 Å². The fourth-order valence-electron chi connectivity index (χ4n) is 2.33. The van der Waals surface area contributed by atoms with Crippen molar-refractivity contribution in [3.63, 3.8) is 0 Å². The quantitative estimate of drug-likeness (QED) is 0.566. The van der Waals surface area contributed by atoms with Gasteiger partial charge < -0.3 is 10.2 Å². The normalized spacial score (nSPS) is 12.2. The van der Waals surface area contributed by atoms with E-state index >= 15 is 0 Å². The van der Waals surface area contributed by atoms with Crippen molar-refractivity contribution in [2.24, 2.45) is 4.99 Å². The molecule has 0 aliphatic heterocycles. The predicted molar refractivity (Wildman–Crippen MR) is 105 cm³/mol. The highest BCUT2D eigenvalue weighted by atomic mass is 32.2. The molecule has 5 nitrogen and oxygen atoms in total. The summed E-state index contributed by atoms with van der Waals surface area (Å²) in [6, 6.07) is 12.7. The standard InChI is InChI=1S/C18H25N3O2S2/c1-3-19-18(21(2)13-11-16-8-7-14-24-16)20-12-15-25(22,23)17-9-5-4-6-10-17/h4-10,14H,3,11-13,15H2,1-2H3,(H,19,20). The van der Waals surface area contributed by atoms with Crippen molar-refractivity contribution in [2.45, 2.75) is 18.2 Å². The molecule has 136 valence electrons. The van der Waals surface area contributed by atoms with Crippen molar-refractivity contribution in [1.29, 1.82) is 0 Å². The molecule has 0 unspecified atom stereocenters. The van der Waals surface area contributed by atoms with E-state index in [1.165, 1.54) is 4.88 Å². The van der Waals surface area contributed by atoms with Gasteiger partial charge in [0.1, 0.15) is 0 Å². The lowest BCUT2D eigenvalue weighted by molar-refractivity contribution is 0.487. The van der Waals surface area contributed by atoms with E-state index in [0.29, 0.717) is 4.90 Å². The van der Waals surface area contributed by atoms with Crippen LogP contribution in [-0.2, 0) is 16.3 Å². The molecule has 0 fully saturated rings. The zero-order chi connectivity index (χ0) is 18.1. The highest BCUT2D eigenvalue weighted by Crippen LogP contribution is 2.11. The van der Waals surface area contributed by atoms with E-state index in [-0.39, 0.29) is 12.3 Å². The van der Waals surface area contributed by atoms with E-state index in [4.69, 9.17) is 0 Å². The average Bonchev–Trinajstić information content (AvgIpc) is 3.13. The van der Waals surface area contributed by atoms with Crippen LogP contribution in [0.3, 0.4) is 0 Å². The number of nitrogens with zero attached hydrogens (tertiary/aromatic N) is 2. The second-order valence-electron chi connectivity index (χ2n) is 5.62. The van der Waals surface area contributed by atoms with Gasteiger partial charge in [-0.2, -0.15) is 0 Å². The summed E-state index contributed by atoms with van der Waals surface area (Å²) in [6.07, 6.45) is 0.945. The smallest absolute Gasteiger partial charge is 0.193 e. The largest absolute Gasteiger partial charge is 0.357 e. The summed E-state index contributed by atoms with van der Waals surface area (Å²) in [6.45, 7) is 3.82. The number of guanidine groups is 1. The Morgan fingerprint density at radius 1 is 1.20 bits per heavy atom. The molecule has 1 N–H and O–H groups in total. The van der Waals surface area contributed by atoms with Crippen molar-refractivity contribution < 1.29 is 8.42 Å². The SMILES string of the molecule is CCNC(=NCCS(=O)(=O)c1ccccc1)N(C)CCc1cccs1. The van der Waals surface area contributed by atoms with Crippen molar-refractivity contribution in [2.75, 3.05) is 32.4 Å². The minimum Gasteiger partial charge on any atom is -0.357 e. The van der Waals surface area contributed by atoms with Gasteiger partial charge in [0.2, 0.25) is 0 Å². The molecule has 7 heteroatoms. The van der Waals surface area contributed by atoms with Crippen LogP contribution in [-0.4, -0.2) is 51.7 Å². The maximum absolute atomic E-state index is 12.3. The first-order valence-electron chi connectivity index (χ1n) is 8.32. The summed E-state index contributed by atoms with van der Waals surface area (Å²) in [4.78, 5) is 8.20. The van der Waals surface area contributed by atoms with Crippen LogP contribution in [0.5, 0.6) is 0 Å². The van der Waals surface area contributed by atoms with E-state index in [2.05, 4.69) is 21.8 Å². The van der Waals surface area contributed by atoms with Gasteiger partial charge in [-0.15, -0.1) is 11.3 Å². The second-order valence-corrected chi connectivity index (χ2v) is 8.76. The average molecular weight is 380 g/mol. The lowest BCUT2D eigenvalue weighted by atomic mass is 10.3. The summed E-state index contributed by atoms with van der Waals surface area (Å²) in [5.74, 6) is 0.743. The Labute approximate surface area is 154 Å². The van der Waals surface area contributed by atoms with E-state index < -0.39 is 9.84 Å². The first-order chi connectivity index (χ1) is 12.0. The molecule has 25 heavy (non-hydrogen) atoms. The van der Waals surface area contributed by atoms with Gasteiger partial charge in [-0.3, -0.25) is 4.99 Å². The number of likely N-dealkylation sites (N-methyl/N-ethyl adjacent to an activating group) is 1. The molecule has 0 amide bonds. The van der Waals surface area contributed by atoms with Gasteiger partial charge in [0.05, 0.1) is 17.2 Å². The number of nitrogens with one attached hydrogen (secondary N) is 1. The Balaban J connectivity index is 1.94. The van der Waals surface area contributed by atoms with Gasteiger partial charge in [-0.25, -0.2) is 8.42 Å². The zero-order valence-electron chi connectivity index (χ0n) is 14.7. The molecule has 1 aromatic heterocycles. The van der Waals surface area contributed by atoms with Crippen LogP contribution in [0.25, 0.3) is 0 Å². The van der Waals surface area contributed by atoms with Gasteiger partial charge in [0.25, 0.3) is 0 Å². The summed E-state index contributed by atoms with van der Waals surface area (Å²) in [5.41, 5.74) is 0. The molecule has 1 aromatic carbocycles. The fourth-order valence-corrected chi connectivity index (χ4v) is 4.16. The summed E-state index contributed by atoms with van der Waals surface area (Å²) in [7, 11) is -1.32. The Kier molecular flexibility index (Phi) is 7.46. The van der Waals surface area contributed by atoms with E-state index in [1.807, 2.05) is 31.0 Å². The molecular formula is C18H25N3O2S2. The highest BCUT2D eigenvalue weighted by molar-refractivity contribution is 7.91. The number of hydrogen-bond donors (Lipinski definition) is 1. The third kappa shape index (κ3) is 6.17. The Morgan fingerprint density at radius 3 is 2.60 bits per heavy atom. The van der Waals surface area contributed by atoms with Gasteiger partial charge in [0, 0.05) is 25.0 Å². The van der Waals surface area contributed by atoms with Crippen LogP contribution in [0.15, 0.2) is 57.7 Å². The molecule has 0 radical (unpaired) electrons. The molecule has 0 saturated carbocycles. The second kappa shape index (κ2) is 9.58. The van der Waals surface area contributed by atoms with Crippen LogP contribution in [0.1, 0.15) is 11.8 Å².